The summed E-state index contributed by atoms with van der Waals surface area (Å²) in [5.41, 5.74) is 5.41. The number of hydrogen-bond donors (Lipinski definition) is 2. The highest BCUT2D eigenvalue weighted by Crippen LogP contribution is 2.23. The number of nitrogens with zero attached hydrogens (tertiary/aromatic N) is 2. The highest BCUT2D eigenvalue weighted by molar-refractivity contribution is 5.94. The molecule has 210 valence electrons. The summed E-state index contributed by atoms with van der Waals surface area (Å²) in [6, 6.07) is 31.5. The van der Waals surface area contributed by atoms with Crippen molar-refractivity contribution in [3.63, 3.8) is 0 Å². The molecular weight excluding hydrogens is 504 g/mol. The molecular formula is C36H40N4O. The summed E-state index contributed by atoms with van der Waals surface area (Å²) in [7, 11) is 6.26. The zero-order chi connectivity index (χ0) is 28.8. The first-order valence-electron chi connectivity index (χ1n) is 14.3. The van der Waals surface area contributed by atoms with E-state index in [1.807, 2.05) is 31.3 Å². The van der Waals surface area contributed by atoms with Crippen LogP contribution in [0.4, 0.5) is 0 Å². The fourth-order valence-electron chi connectivity index (χ4n) is 5.81. The summed E-state index contributed by atoms with van der Waals surface area (Å²) in [5, 5.41) is 10.5. The Morgan fingerprint density at radius 3 is 2.44 bits per heavy atom. The number of likely N-dealkylation sites (N-methyl/N-ethyl adjacent to an activating group) is 2. The molecule has 2 N–H and O–H groups in total. The lowest BCUT2D eigenvalue weighted by Crippen LogP contribution is -2.49. The van der Waals surface area contributed by atoms with Gasteiger partial charge in [0.25, 0.3) is 5.91 Å². The van der Waals surface area contributed by atoms with Crippen molar-refractivity contribution in [3.8, 4) is 0 Å². The minimum Gasteiger partial charge on any atom is -0.350 e. The Kier molecular flexibility index (Phi) is 8.98. The van der Waals surface area contributed by atoms with Crippen molar-refractivity contribution < 1.29 is 4.79 Å². The molecule has 0 spiro atoms. The molecule has 1 heterocycles. The van der Waals surface area contributed by atoms with Gasteiger partial charge < -0.3 is 15.2 Å². The van der Waals surface area contributed by atoms with E-state index in [1.165, 1.54) is 32.8 Å². The molecule has 1 amide bonds. The van der Waals surface area contributed by atoms with Crippen LogP contribution in [0.25, 0.3) is 27.8 Å². The number of carbonyl (C=O) groups is 1. The van der Waals surface area contributed by atoms with E-state index in [4.69, 9.17) is 0 Å². The summed E-state index contributed by atoms with van der Waals surface area (Å²) in [6.45, 7) is 5.39. The third-order valence-electron chi connectivity index (χ3n) is 8.05. The van der Waals surface area contributed by atoms with E-state index >= 15 is 0 Å². The van der Waals surface area contributed by atoms with Gasteiger partial charge in [0.1, 0.15) is 0 Å². The van der Waals surface area contributed by atoms with Gasteiger partial charge in [-0.25, -0.2) is 0 Å². The van der Waals surface area contributed by atoms with Gasteiger partial charge in [-0.05, 0) is 72.6 Å². The van der Waals surface area contributed by atoms with Crippen molar-refractivity contribution in [1.82, 2.24) is 20.1 Å². The van der Waals surface area contributed by atoms with Crippen molar-refractivity contribution in [2.24, 2.45) is 7.05 Å². The van der Waals surface area contributed by atoms with Crippen LogP contribution in [0.5, 0.6) is 0 Å². The molecule has 0 bridgehead atoms. The van der Waals surface area contributed by atoms with E-state index < -0.39 is 0 Å². The van der Waals surface area contributed by atoms with E-state index in [1.54, 1.807) is 6.08 Å². The van der Waals surface area contributed by atoms with Crippen molar-refractivity contribution in [2.45, 2.75) is 24.9 Å². The van der Waals surface area contributed by atoms with Crippen LogP contribution in [0.15, 0.2) is 104 Å². The van der Waals surface area contributed by atoms with E-state index in [-0.39, 0.29) is 18.0 Å². The van der Waals surface area contributed by atoms with Gasteiger partial charge in [-0.2, -0.15) is 0 Å². The summed E-state index contributed by atoms with van der Waals surface area (Å²) >= 11 is 0. The highest BCUT2D eigenvalue weighted by Gasteiger charge is 2.23. The predicted molar refractivity (Wildman–Crippen MR) is 172 cm³/mol. The van der Waals surface area contributed by atoms with E-state index in [0.29, 0.717) is 5.56 Å². The van der Waals surface area contributed by atoms with Gasteiger partial charge in [-0.3, -0.25) is 9.69 Å². The molecule has 5 rings (SSSR count). The molecule has 5 aromatic rings. The Morgan fingerprint density at radius 1 is 0.951 bits per heavy atom. The van der Waals surface area contributed by atoms with Crippen molar-refractivity contribution in [2.75, 3.05) is 27.2 Å². The van der Waals surface area contributed by atoms with Crippen LogP contribution in [0, 0.1) is 0 Å². The molecule has 5 heteroatoms. The molecule has 0 radical (unpaired) electrons. The van der Waals surface area contributed by atoms with Crippen LogP contribution in [0.3, 0.4) is 0 Å². The Balaban J connectivity index is 1.38. The average Bonchev–Trinajstić information content (AvgIpc) is 3.31. The minimum absolute atomic E-state index is 0.0565. The maximum atomic E-state index is 13.4. The van der Waals surface area contributed by atoms with Crippen molar-refractivity contribution in [3.05, 3.63) is 126 Å². The average molecular weight is 545 g/mol. The van der Waals surface area contributed by atoms with Gasteiger partial charge in [0.15, 0.2) is 0 Å². The Labute approximate surface area is 243 Å². The number of nitrogens with one attached hydrogen (secondary N) is 2. The molecule has 0 saturated carbocycles. The normalized spacial score (nSPS) is 13.0. The molecule has 5 nitrogen and oxygen atoms in total. The van der Waals surface area contributed by atoms with Crippen LogP contribution in [0.1, 0.15) is 27.0 Å². The van der Waals surface area contributed by atoms with Gasteiger partial charge in [-0.15, -0.1) is 0 Å². The molecule has 0 unspecified atom stereocenters. The summed E-state index contributed by atoms with van der Waals surface area (Å²) in [5.74, 6) is -0.0565. The number of aryl methyl sites for hydroxylation is 1. The Morgan fingerprint density at radius 2 is 1.68 bits per heavy atom. The second-order valence-electron chi connectivity index (χ2n) is 11.0. The number of rotatable bonds is 12. The molecule has 0 saturated heterocycles. The first-order valence-corrected chi connectivity index (χ1v) is 14.3. The van der Waals surface area contributed by atoms with Gasteiger partial charge in [0.05, 0.1) is 0 Å². The topological polar surface area (TPSA) is 49.3 Å². The summed E-state index contributed by atoms with van der Waals surface area (Å²) < 4.78 is 2.17. The highest BCUT2D eigenvalue weighted by atomic mass is 16.1. The molecule has 1 aromatic heterocycles. The molecule has 2 atom stereocenters. The van der Waals surface area contributed by atoms with Gasteiger partial charge in [-0.1, -0.05) is 85.5 Å². The van der Waals surface area contributed by atoms with Gasteiger partial charge in [0, 0.05) is 54.9 Å². The fourth-order valence-corrected chi connectivity index (χ4v) is 5.81. The van der Waals surface area contributed by atoms with E-state index in [2.05, 4.69) is 114 Å². The van der Waals surface area contributed by atoms with Crippen LogP contribution in [-0.2, 0) is 19.9 Å². The summed E-state index contributed by atoms with van der Waals surface area (Å²) in [6.07, 6.45) is 5.64. The lowest BCUT2D eigenvalue weighted by atomic mass is 9.99. The molecule has 41 heavy (non-hydrogen) atoms. The maximum Gasteiger partial charge on any atom is 0.251 e. The van der Waals surface area contributed by atoms with Crippen LogP contribution < -0.4 is 10.6 Å². The van der Waals surface area contributed by atoms with E-state index in [9.17, 15) is 4.79 Å². The zero-order valence-corrected chi connectivity index (χ0v) is 24.3. The summed E-state index contributed by atoms with van der Waals surface area (Å²) in [4.78, 5) is 15.8. The lowest BCUT2D eigenvalue weighted by Gasteiger charge is -2.32. The molecule has 0 aliphatic rings. The van der Waals surface area contributed by atoms with Crippen LogP contribution >= 0.6 is 0 Å². The largest absolute Gasteiger partial charge is 0.350 e. The van der Waals surface area contributed by atoms with E-state index in [0.717, 1.165) is 31.5 Å². The molecule has 0 aliphatic carbocycles. The zero-order valence-electron chi connectivity index (χ0n) is 24.3. The molecule has 0 aliphatic heterocycles. The number of aromatic nitrogens is 1. The third kappa shape index (κ3) is 6.76. The standard InChI is InChI=1S/C36H40N4O/c1-5-26-14-18-29(19-15-26)36(41)38-32(22-31-24-40(4)35-13-9-8-12-34(31)35)25-39(3)33(23-37-2)21-27-16-17-28-10-6-7-11-30(28)20-27/h5-20,24,32-33,37H,1,21-23,25H2,2-4H3,(H,38,41)/t32-,33-/m0/s1. The Hall–Kier alpha value is -4.19. The number of benzene rings is 4. The lowest BCUT2D eigenvalue weighted by molar-refractivity contribution is 0.0921. The quantitative estimate of drug-likeness (QED) is 0.200. The second kappa shape index (κ2) is 13.0. The maximum absolute atomic E-state index is 13.4. The monoisotopic (exact) mass is 544 g/mol. The van der Waals surface area contributed by atoms with Gasteiger partial charge in [0.2, 0.25) is 0 Å². The third-order valence-corrected chi connectivity index (χ3v) is 8.05. The number of fused-ring (bicyclic) bond motifs is 2. The number of amides is 1. The Bertz CT molecular complexity index is 1640. The number of para-hydroxylation sites is 1. The first kappa shape index (κ1) is 28.3. The fraction of sp³-hybridized carbons (Fsp3) is 0.250. The van der Waals surface area contributed by atoms with Crippen LogP contribution in [0.2, 0.25) is 0 Å². The minimum atomic E-state index is -0.0756. The van der Waals surface area contributed by atoms with Gasteiger partial charge >= 0.3 is 0 Å². The van der Waals surface area contributed by atoms with Crippen molar-refractivity contribution in [1.29, 1.82) is 0 Å². The van der Waals surface area contributed by atoms with Crippen molar-refractivity contribution >= 4 is 33.7 Å². The smallest absolute Gasteiger partial charge is 0.251 e. The number of carbonyl (C=O) groups excluding carboxylic acids is 1. The molecule has 4 aromatic carbocycles. The SMILES string of the molecule is C=Cc1ccc(C(=O)N[C@@H](Cc2cn(C)c3ccccc23)CN(C)[C@H](CNC)Cc2ccc3ccccc3c2)cc1. The molecule has 0 fully saturated rings. The second-order valence-corrected chi connectivity index (χ2v) is 11.0. The van der Waals surface area contributed by atoms with Crippen LogP contribution in [-0.4, -0.2) is 54.6 Å². The number of hydrogen-bond acceptors (Lipinski definition) is 3. The predicted octanol–water partition coefficient (Wildman–Crippen LogP) is 6.08. The first-order chi connectivity index (χ1) is 19.9.